The van der Waals surface area contributed by atoms with Crippen molar-refractivity contribution in [3.05, 3.63) is 29.9 Å². The number of aliphatic hydroxyl groups excluding tert-OH is 1. The highest BCUT2D eigenvalue weighted by atomic mass is 19.1. The number of halogens is 1. The molecule has 2 heterocycles. The number of oxazole rings is 1. The maximum atomic E-state index is 13.2. The van der Waals surface area contributed by atoms with E-state index in [1.165, 1.54) is 12.1 Å². The molecule has 0 saturated carbocycles. The maximum Gasteiger partial charge on any atom is 0.209 e. The fourth-order valence-electron chi connectivity index (χ4n) is 3.06. The van der Waals surface area contributed by atoms with Crippen LogP contribution in [0.3, 0.4) is 0 Å². The molecule has 1 fully saturated rings. The summed E-state index contributed by atoms with van der Waals surface area (Å²) in [5.74, 6) is 0.200. The van der Waals surface area contributed by atoms with Gasteiger partial charge in [-0.25, -0.2) is 9.37 Å². The van der Waals surface area contributed by atoms with Gasteiger partial charge in [-0.3, -0.25) is 9.80 Å². The molecule has 7 heteroatoms. The lowest BCUT2D eigenvalue weighted by molar-refractivity contribution is 0.0579. The van der Waals surface area contributed by atoms with Crippen molar-refractivity contribution in [2.75, 3.05) is 53.4 Å². The van der Waals surface area contributed by atoms with Gasteiger partial charge < -0.3 is 14.4 Å². The molecule has 1 aromatic carbocycles. The normalized spacial score (nSPS) is 18.5. The first-order chi connectivity index (χ1) is 11.5. The van der Waals surface area contributed by atoms with Gasteiger partial charge >= 0.3 is 0 Å². The van der Waals surface area contributed by atoms with Crippen LogP contribution in [0, 0.1) is 5.82 Å². The van der Waals surface area contributed by atoms with Crippen LogP contribution < -0.4 is 0 Å². The molecule has 1 atom stereocenters. The molecular formula is C17H25FN4O2. The van der Waals surface area contributed by atoms with Gasteiger partial charge in [0.1, 0.15) is 11.3 Å². The minimum atomic E-state index is -0.416. The van der Waals surface area contributed by atoms with Crippen molar-refractivity contribution >= 4 is 11.1 Å². The van der Waals surface area contributed by atoms with Crippen molar-refractivity contribution in [1.29, 1.82) is 0 Å². The number of piperazine rings is 1. The van der Waals surface area contributed by atoms with E-state index in [4.69, 9.17) is 4.42 Å². The van der Waals surface area contributed by atoms with E-state index in [1.807, 2.05) is 11.9 Å². The highest BCUT2D eigenvalue weighted by Crippen LogP contribution is 2.17. The van der Waals surface area contributed by atoms with E-state index in [9.17, 15) is 9.50 Å². The van der Waals surface area contributed by atoms with Crippen molar-refractivity contribution in [3.8, 4) is 0 Å². The Kier molecular flexibility index (Phi) is 5.45. The lowest BCUT2D eigenvalue weighted by Gasteiger charge is -2.34. The number of aliphatic hydroxyl groups is 1. The zero-order valence-corrected chi connectivity index (χ0v) is 14.3. The highest BCUT2D eigenvalue weighted by molar-refractivity contribution is 5.72. The Bertz CT molecular complexity index is 670. The molecule has 1 aromatic heterocycles. The molecule has 1 N–H and O–H groups in total. The summed E-state index contributed by atoms with van der Waals surface area (Å²) >= 11 is 0. The SMILES string of the molecule is CN1CCN(CC(O)CN(C)Cc2nc3ccc(F)cc3o2)CC1. The van der Waals surface area contributed by atoms with E-state index in [0.717, 1.165) is 26.2 Å². The first-order valence-electron chi connectivity index (χ1n) is 8.32. The van der Waals surface area contributed by atoms with Crippen LogP contribution in [0.25, 0.3) is 11.1 Å². The van der Waals surface area contributed by atoms with E-state index in [0.29, 0.717) is 36.6 Å². The van der Waals surface area contributed by atoms with Gasteiger partial charge in [0, 0.05) is 45.3 Å². The summed E-state index contributed by atoms with van der Waals surface area (Å²) in [6, 6.07) is 4.33. The fourth-order valence-corrected chi connectivity index (χ4v) is 3.06. The summed E-state index contributed by atoms with van der Waals surface area (Å²) in [5, 5.41) is 10.3. The predicted molar refractivity (Wildman–Crippen MR) is 90.2 cm³/mol. The first kappa shape index (κ1) is 17.3. The first-order valence-corrected chi connectivity index (χ1v) is 8.32. The smallest absolute Gasteiger partial charge is 0.209 e. The van der Waals surface area contributed by atoms with Crippen LogP contribution in [-0.2, 0) is 6.54 Å². The Labute approximate surface area is 141 Å². The molecule has 1 aliphatic heterocycles. The number of benzene rings is 1. The number of fused-ring (bicyclic) bond motifs is 1. The third kappa shape index (κ3) is 4.51. The predicted octanol–water partition coefficient (Wildman–Crippen LogP) is 1.01. The van der Waals surface area contributed by atoms with Crippen LogP contribution in [0.2, 0.25) is 0 Å². The quantitative estimate of drug-likeness (QED) is 0.850. The maximum absolute atomic E-state index is 13.2. The van der Waals surface area contributed by atoms with Crippen LogP contribution in [0.4, 0.5) is 4.39 Å². The molecule has 1 saturated heterocycles. The fraction of sp³-hybridized carbons (Fsp3) is 0.588. The number of β-amino-alcohol motifs (C(OH)–C–C–N with tert-alkyl or cyclic N) is 1. The van der Waals surface area contributed by atoms with Crippen LogP contribution in [-0.4, -0.2) is 84.3 Å². The lowest BCUT2D eigenvalue weighted by atomic mass is 10.2. The van der Waals surface area contributed by atoms with Crippen molar-refractivity contribution in [2.24, 2.45) is 0 Å². The number of likely N-dealkylation sites (N-methyl/N-ethyl adjacent to an activating group) is 2. The van der Waals surface area contributed by atoms with E-state index >= 15 is 0 Å². The molecule has 0 amide bonds. The summed E-state index contributed by atoms with van der Waals surface area (Å²) in [5.41, 5.74) is 1.11. The number of rotatable bonds is 6. The van der Waals surface area contributed by atoms with Crippen molar-refractivity contribution < 1.29 is 13.9 Å². The molecule has 1 aliphatic rings. The summed E-state index contributed by atoms with van der Waals surface area (Å²) in [6.07, 6.45) is -0.416. The molecule has 2 aromatic rings. The zero-order chi connectivity index (χ0) is 17.1. The zero-order valence-electron chi connectivity index (χ0n) is 14.3. The summed E-state index contributed by atoms with van der Waals surface area (Å²) < 4.78 is 18.8. The van der Waals surface area contributed by atoms with E-state index < -0.39 is 6.10 Å². The van der Waals surface area contributed by atoms with Crippen LogP contribution in [0.1, 0.15) is 5.89 Å². The average Bonchev–Trinajstić information content (AvgIpc) is 2.90. The third-order valence-corrected chi connectivity index (χ3v) is 4.39. The summed E-state index contributed by atoms with van der Waals surface area (Å²) in [6.45, 7) is 5.78. The topological polar surface area (TPSA) is 56.0 Å². The number of aromatic nitrogens is 1. The minimum absolute atomic E-state index is 0.332. The largest absolute Gasteiger partial charge is 0.439 e. The number of nitrogens with zero attached hydrogens (tertiary/aromatic N) is 4. The second kappa shape index (κ2) is 7.57. The summed E-state index contributed by atoms with van der Waals surface area (Å²) in [4.78, 5) is 10.9. The molecule has 132 valence electrons. The van der Waals surface area contributed by atoms with Gasteiger partial charge in [0.15, 0.2) is 5.58 Å². The van der Waals surface area contributed by atoms with Crippen LogP contribution in [0.15, 0.2) is 22.6 Å². The molecule has 0 spiro atoms. The van der Waals surface area contributed by atoms with Gasteiger partial charge in [-0.1, -0.05) is 0 Å². The van der Waals surface area contributed by atoms with Gasteiger partial charge in [0.05, 0.1) is 12.6 Å². The van der Waals surface area contributed by atoms with Gasteiger partial charge in [-0.05, 0) is 26.2 Å². The molecule has 0 bridgehead atoms. The van der Waals surface area contributed by atoms with E-state index in [-0.39, 0.29) is 5.82 Å². The lowest BCUT2D eigenvalue weighted by Crippen LogP contribution is -2.48. The Morgan fingerprint density at radius 3 is 2.83 bits per heavy atom. The van der Waals surface area contributed by atoms with Crippen molar-refractivity contribution in [1.82, 2.24) is 19.7 Å². The standard InChI is InChI=1S/C17H25FN4O2/c1-20-5-7-22(8-6-20)11-14(23)10-21(2)12-17-19-15-4-3-13(18)9-16(15)24-17/h3-4,9,14,23H,5-8,10-12H2,1-2H3. The van der Waals surface area contributed by atoms with Crippen LogP contribution >= 0.6 is 0 Å². The molecule has 0 radical (unpaired) electrons. The Morgan fingerprint density at radius 2 is 2.08 bits per heavy atom. The number of hydrogen-bond acceptors (Lipinski definition) is 6. The molecule has 3 rings (SSSR count). The number of hydrogen-bond donors (Lipinski definition) is 1. The monoisotopic (exact) mass is 336 g/mol. The Hall–Kier alpha value is -1.54. The Morgan fingerprint density at radius 1 is 1.33 bits per heavy atom. The van der Waals surface area contributed by atoms with Gasteiger partial charge in [-0.2, -0.15) is 0 Å². The second-order valence-corrected chi connectivity index (χ2v) is 6.67. The molecule has 0 aliphatic carbocycles. The van der Waals surface area contributed by atoms with E-state index in [2.05, 4.69) is 21.8 Å². The highest BCUT2D eigenvalue weighted by Gasteiger charge is 2.18. The van der Waals surface area contributed by atoms with Gasteiger partial charge in [0.2, 0.25) is 5.89 Å². The third-order valence-electron chi connectivity index (χ3n) is 4.39. The molecular weight excluding hydrogens is 311 g/mol. The second-order valence-electron chi connectivity index (χ2n) is 6.67. The van der Waals surface area contributed by atoms with Crippen molar-refractivity contribution in [2.45, 2.75) is 12.6 Å². The molecule has 1 unspecified atom stereocenters. The van der Waals surface area contributed by atoms with E-state index in [1.54, 1.807) is 6.07 Å². The van der Waals surface area contributed by atoms with Crippen molar-refractivity contribution in [3.63, 3.8) is 0 Å². The summed E-state index contributed by atoms with van der Waals surface area (Å²) in [7, 11) is 4.04. The average molecular weight is 336 g/mol. The Balaban J connectivity index is 1.49. The minimum Gasteiger partial charge on any atom is -0.439 e. The molecule has 24 heavy (non-hydrogen) atoms. The van der Waals surface area contributed by atoms with Crippen LogP contribution in [0.5, 0.6) is 0 Å². The molecule has 6 nitrogen and oxygen atoms in total. The van der Waals surface area contributed by atoms with Gasteiger partial charge in [0.25, 0.3) is 0 Å². The van der Waals surface area contributed by atoms with Gasteiger partial charge in [-0.15, -0.1) is 0 Å².